The van der Waals surface area contributed by atoms with Gasteiger partial charge in [0.05, 0.1) is 0 Å². The van der Waals surface area contributed by atoms with Crippen molar-refractivity contribution >= 4 is 11.6 Å². The van der Waals surface area contributed by atoms with E-state index in [9.17, 15) is 13.2 Å². The number of aromatic nitrogens is 1. The normalized spacial score (nSPS) is 11.3. The third-order valence-corrected chi connectivity index (χ3v) is 2.72. The van der Waals surface area contributed by atoms with Crippen molar-refractivity contribution in [3.63, 3.8) is 0 Å². The van der Waals surface area contributed by atoms with Gasteiger partial charge in [-0.1, -0.05) is 18.2 Å². The summed E-state index contributed by atoms with van der Waals surface area (Å²) in [6.07, 6.45) is -4.75. The highest BCUT2D eigenvalue weighted by atomic mass is 19.4. The van der Waals surface area contributed by atoms with Gasteiger partial charge in [0.15, 0.2) is 0 Å². The van der Waals surface area contributed by atoms with Crippen molar-refractivity contribution in [3.8, 4) is 16.9 Å². The lowest BCUT2D eigenvalue weighted by molar-refractivity contribution is -0.274. The fraction of sp³-hybridized carbons (Fsp3) is 0.214. The Kier molecular flexibility index (Phi) is 3.93. The largest absolute Gasteiger partial charge is 0.573 e. The summed E-state index contributed by atoms with van der Waals surface area (Å²) in [5, 5.41) is 0. The zero-order valence-electron chi connectivity index (χ0n) is 11.5. The second kappa shape index (κ2) is 5.51. The summed E-state index contributed by atoms with van der Waals surface area (Å²) in [4.78, 5) is 5.83. The SMILES string of the molecule is CN(C)c1nc(N)ccc1-c1ccccc1OC(F)(F)F. The van der Waals surface area contributed by atoms with E-state index in [2.05, 4.69) is 9.72 Å². The number of pyridine rings is 1. The fourth-order valence-corrected chi connectivity index (χ4v) is 1.92. The summed E-state index contributed by atoms with van der Waals surface area (Å²) < 4.78 is 41.6. The third-order valence-electron chi connectivity index (χ3n) is 2.72. The van der Waals surface area contributed by atoms with Crippen LogP contribution in [0.5, 0.6) is 5.75 Å². The molecule has 7 heteroatoms. The van der Waals surface area contributed by atoms with Gasteiger partial charge in [-0.2, -0.15) is 0 Å². The van der Waals surface area contributed by atoms with Gasteiger partial charge in [-0.25, -0.2) is 4.98 Å². The zero-order chi connectivity index (χ0) is 15.6. The van der Waals surface area contributed by atoms with E-state index in [0.29, 0.717) is 16.9 Å². The fourth-order valence-electron chi connectivity index (χ4n) is 1.92. The maximum absolute atomic E-state index is 12.5. The monoisotopic (exact) mass is 297 g/mol. The highest BCUT2D eigenvalue weighted by molar-refractivity contribution is 5.80. The first-order valence-corrected chi connectivity index (χ1v) is 6.07. The first-order valence-electron chi connectivity index (χ1n) is 6.07. The summed E-state index contributed by atoms with van der Waals surface area (Å²) >= 11 is 0. The van der Waals surface area contributed by atoms with Gasteiger partial charge in [0.2, 0.25) is 0 Å². The van der Waals surface area contributed by atoms with Crippen molar-refractivity contribution in [2.45, 2.75) is 6.36 Å². The van der Waals surface area contributed by atoms with Crippen LogP contribution in [-0.4, -0.2) is 25.4 Å². The van der Waals surface area contributed by atoms with E-state index in [0.717, 1.165) is 0 Å². The first kappa shape index (κ1) is 15.0. The highest BCUT2D eigenvalue weighted by Gasteiger charge is 2.32. The van der Waals surface area contributed by atoms with E-state index in [1.54, 1.807) is 37.2 Å². The minimum Gasteiger partial charge on any atom is -0.405 e. The van der Waals surface area contributed by atoms with Crippen molar-refractivity contribution in [2.24, 2.45) is 0 Å². The Balaban J connectivity index is 2.57. The molecule has 0 atom stereocenters. The summed E-state index contributed by atoms with van der Waals surface area (Å²) in [5.74, 6) is 0.476. The van der Waals surface area contributed by atoms with Gasteiger partial charge in [0.1, 0.15) is 17.4 Å². The number of benzene rings is 1. The van der Waals surface area contributed by atoms with Crippen molar-refractivity contribution in [3.05, 3.63) is 36.4 Å². The summed E-state index contributed by atoms with van der Waals surface area (Å²) in [6, 6.07) is 9.07. The van der Waals surface area contributed by atoms with Gasteiger partial charge < -0.3 is 15.4 Å². The summed E-state index contributed by atoms with van der Waals surface area (Å²) in [6.45, 7) is 0. The Bertz CT molecular complexity index is 642. The Labute approximate surface area is 120 Å². The molecular formula is C14H14F3N3O. The van der Waals surface area contributed by atoms with Gasteiger partial charge in [0.25, 0.3) is 0 Å². The molecule has 2 N–H and O–H groups in total. The molecule has 0 saturated heterocycles. The van der Waals surface area contributed by atoms with E-state index in [1.165, 1.54) is 18.2 Å². The number of ether oxygens (including phenoxy) is 1. The Morgan fingerprint density at radius 3 is 2.33 bits per heavy atom. The summed E-state index contributed by atoms with van der Waals surface area (Å²) in [7, 11) is 3.47. The van der Waals surface area contributed by atoms with Gasteiger partial charge in [-0.05, 0) is 18.2 Å². The standard InChI is InChI=1S/C14H14F3N3O/c1-20(2)13-10(7-8-12(18)19-13)9-5-3-4-6-11(9)21-14(15,16)17/h3-8H,1-2H3,(H2,18,19). The molecule has 0 saturated carbocycles. The lowest BCUT2D eigenvalue weighted by Crippen LogP contribution is -2.18. The molecule has 0 aliphatic carbocycles. The van der Waals surface area contributed by atoms with E-state index >= 15 is 0 Å². The lowest BCUT2D eigenvalue weighted by Gasteiger charge is -2.19. The van der Waals surface area contributed by atoms with Crippen LogP contribution in [0, 0.1) is 0 Å². The van der Waals surface area contributed by atoms with Gasteiger partial charge in [0, 0.05) is 25.2 Å². The first-order chi connectivity index (χ1) is 9.78. The molecule has 21 heavy (non-hydrogen) atoms. The molecule has 0 aliphatic rings. The van der Waals surface area contributed by atoms with Gasteiger partial charge in [-0.15, -0.1) is 13.2 Å². The molecule has 0 unspecified atom stereocenters. The van der Waals surface area contributed by atoms with Crippen LogP contribution in [0.4, 0.5) is 24.8 Å². The molecule has 0 spiro atoms. The Morgan fingerprint density at radius 1 is 1.05 bits per heavy atom. The minimum absolute atomic E-state index is 0.278. The predicted molar refractivity (Wildman–Crippen MR) is 75.1 cm³/mol. The molecular weight excluding hydrogens is 283 g/mol. The van der Waals surface area contributed by atoms with E-state index in [4.69, 9.17) is 5.73 Å². The number of alkyl halides is 3. The lowest BCUT2D eigenvalue weighted by atomic mass is 10.0. The number of nitrogens with zero attached hydrogens (tertiary/aromatic N) is 2. The molecule has 2 rings (SSSR count). The highest BCUT2D eigenvalue weighted by Crippen LogP contribution is 2.37. The number of anilines is 2. The molecule has 0 bridgehead atoms. The predicted octanol–water partition coefficient (Wildman–Crippen LogP) is 3.30. The van der Waals surface area contributed by atoms with Crippen molar-refractivity contribution in [1.29, 1.82) is 0 Å². The quantitative estimate of drug-likeness (QED) is 0.944. The molecule has 1 aromatic heterocycles. The molecule has 2 aromatic rings. The van der Waals surface area contributed by atoms with Crippen molar-refractivity contribution < 1.29 is 17.9 Å². The molecule has 0 amide bonds. The number of halogens is 3. The molecule has 0 radical (unpaired) electrons. The van der Waals surface area contributed by atoms with Gasteiger partial charge in [-0.3, -0.25) is 0 Å². The number of para-hydroxylation sites is 1. The van der Waals surface area contributed by atoms with E-state index in [-0.39, 0.29) is 11.6 Å². The van der Waals surface area contributed by atoms with Crippen molar-refractivity contribution in [2.75, 3.05) is 24.7 Å². The number of rotatable bonds is 3. The van der Waals surface area contributed by atoms with Crippen LogP contribution in [0.1, 0.15) is 0 Å². The average molecular weight is 297 g/mol. The van der Waals surface area contributed by atoms with Gasteiger partial charge >= 0.3 is 6.36 Å². The molecule has 0 aliphatic heterocycles. The van der Waals surface area contributed by atoms with Crippen LogP contribution in [-0.2, 0) is 0 Å². The molecule has 1 aromatic carbocycles. The van der Waals surface area contributed by atoms with Crippen molar-refractivity contribution in [1.82, 2.24) is 4.98 Å². The minimum atomic E-state index is -4.75. The Hall–Kier alpha value is -2.44. The third kappa shape index (κ3) is 3.56. The molecule has 0 fully saturated rings. The maximum Gasteiger partial charge on any atom is 0.573 e. The van der Waals surface area contributed by atoms with E-state index < -0.39 is 6.36 Å². The second-order valence-electron chi connectivity index (χ2n) is 4.55. The van der Waals surface area contributed by atoms with Crippen LogP contribution < -0.4 is 15.4 Å². The summed E-state index contributed by atoms with van der Waals surface area (Å²) in [5.41, 5.74) is 6.44. The van der Waals surface area contributed by atoms with Crippen LogP contribution in [0.3, 0.4) is 0 Å². The van der Waals surface area contributed by atoms with Crippen LogP contribution >= 0.6 is 0 Å². The number of hydrogen-bond acceptors (Lipinski definition) is 4. The number of nitrogen functional groups attached to an aromatic ring is 1. The smallest absolute Gasteiger partial charge is 0.405 e. The van der Waals surface area contributed by atoms with E-state index in [1.807, 2.05) is 0 Å². The topological polar surface area (TPSA) is 51.4 Å². The second-order valence-corrected chi connectivity index (χ2v) is 4.55. The van der Waals surface area contributed by atoms with Crippen LogP contribution in [0.2, 0.25) is 0 Å². The molecule has 1 heterocycles. The molecule has 4 nitrogen and oxygen atoms in total. The van der Waals surface area contributed by atoms with Crippen LogP contribution in [0.15, 0.2) is 36.4 Å². The number of nitrogens with two attached hydrogens (primary N) is 1. The molecule has 112 valence electrons. The Morgan fingerprint density at radius 2 is 1.71 bits per heavy atom. The zero-order valence-corrected chi connectivity index (χ0v) is 11.5. The van der Waals surface area contributed by atoms with Crippen LogP contribution in [0.25, 0.3) is 11.1 Å². The average Bonchev–Trinajstić information content (AvgIpc) is 2.37. The maximum atomic E-state index is 12.5. The number of hydrogen-bond donors (Lipinski definition) is 1.